The van der Waals surface area contributed by atoms with Crippen LogP contribution in [0, 0.1) is 5.92 Å². The second kappa shape index (κ2) is 10.9. The van der Waals surface area contributed by atoms with Gasteiger partial charge in [0.1, 0.15) is 16.5 Å². The number of carbonyl (C=O) groups is 1. The summed E-state index contributed by atoms with van der Waals surface area (Å²) >= 11 is 0. The fraction of sp³-hybridized carbons (Fsp3) is 0.440. The van der Waals surface area contributed by atoms with E-state index >= 15 is 0 Å². The number of H-pyrrole nitrogens is 1. The first-order chi connectivity index (χ1) is 17.4. The Morgan fingerprint density at radius 2 is 1.92 bits per heavy atom. The van der Waals surface area contributed by atoms with E-state index in [0.29, 0.717) is 23.4 Å². The molecule has 2 aliphatic rings. The highest BCUT2D eigenvalue weighted by atomic mass is 32.2. The van der Waals surface area contributed by atoms with Gasteiger partial charge in [-0.25, -0.2) is 4.98 Å². The molecule has 2 heterocycles. The molecule has 192 valence electrons. The minimum Gasteiger partial charge on any atom is -0.385 e. The van der Waals surface area contributed by atoms with Crippen LogP contribution in [-0.4, -0.2) is 75.1 Å². The number of aromatic nitrogens is 2. The smallest absolute Gasteiger partial charge is 0.339 e. The Morgan fingerprint density at radius 3 is 2.67 bits per heavy atom. The van der Waals surface area contributed by atoms with Crippen molar-refractivity contribution in [3.05, 3.63) is 48.3 Å². The topological polar surface area (TPSA) is 126 Å². The number of imidazole rings is 1. The first-order valence-electron chi connectivity index (χ1n) is 12.3. The average molecular weight is 514 g/mol. The van der Waals surface area contributed by atoms with Gasteiger partial charge in [-0.2, -0.15) is 8.42 Å². The number of carbonyl (C=O) groups excluding carboxylic acids is 1. The van der Waals surface area contributed by atoms with Crippen molar-refractivity contribution in [2.45, 2.75) is 24.2 Å². The molecular weight excluding hydrogens is 482 g/mol. The molecule has 0 unspecified atom stereocenters. The third kappa shape index (κ3) is 6.54. The van der Waals surface area contributed by atoms with Crippen molar-refractivity contribution in [1.29, 1.82) is 0 Å². The zero-order valence-electron chi connectivity index (χ0n) is 20.0. The summed E-state index contributed by atoms with van der Waals surface area (Å²) in [6, 6.07) is 11.4. The predicted molar refractivity (Wildman–Crippen MR) is 136 cm³/mol. The minimum absolute atomic E-state index is 0.0821. The van der Waals surface area contributed by atoms with Gasteiger partial charge < -0.3 is 24.5 Å². The van der Waals surface area contributed by atoms with Gasteiger partial charge in [-0.3, -0.25) is 9.69 Å². The first-order valence-corrected chi connectivity index (χ1v) is 13.7. The van der Waals surface area contributed by atoms with Crippen LogP contribution in [0.4, 0.5) is 5.69 Å². The van der Waals surface area contributed by atoms with Gasteiger partial charge in [-0.15, -0.1) is 0 Å². The highest BCUT2D eigenvalue weighted by Crippen LogP contribution is 2.29. The minimum atomic E-state index is -3.99. The standard InChI is InChI=1S/C25H31N5O5S/c31-25(26-9-10-30-11-13-34-14-12-30)16-24-28-22-8-5-20(15-23(22)29-24)35-36(32,33)21-6-3-19(4-7-21)27-17-18-1-2-18/h3-8,15,18,27H,1-2,9-14,16-17H2,(H,26,31)(H,28,29). The summed E-state index contributed by atoms with van der Waals surface area (Å²) < 4.78 is 36.2. The molecule has 11 heteroatoms. The van der Waals surface area contributed by atoms with Crippen LogP contribution in [0.2, 0.25) is 0 Å². The SMILES string of the molecule is O=C(Cc1nc2ccc(OS(=O)(=O)c3ccc(NCC4CC4)cc3)cc2[nH]1)NCCN1CCOCC1. The fourth-order valence-electron chi connectivity index (χ4n) is 4.07. The summed E-state index contributed by atoms with van der Waals surface area (Å²) in [6.07, 6.45) is 2.60. The summed E-state index contributed by atoms with van der Waals surface area (Å²) in [5, 5.41) is 6.23. The first kappa shape index (κ1) is 24.5. The second-order valence-electron chi connectivity index (χ2n) is 9.23. The van der Waals surface area contributed by atoms with E-state index in [9.17, 15) is 13.2 Å². The van der Waals surface area contributed by atoms with E-state index in [2.05, 4.69) is 25.5 Å². The largest absolute Gasteiger partial charge is 0.385 e. The quantitative estimate of drug-likeness (QED) is 0.333. The third-order valence-corrected chi connectivity index (χ3v) is 7.59. The van der Waals surface area contributed by atoms with E-state index in [1.807, 2.05) is 0 Å². The van der Waals surface area contributed by atoms with E-state index < -0.39 is 10.1 Å². The summed E-state index contributed by atoms with van der Waals surface area (Å²) in [5.41, 5.74) is 2.11. The molecule has 1 saturated carbocycles. The lowest BCUT2D eigenvalue weighted by molar-refractivity contribution is -0.120. The maximum atomic E-state index is 12.8. The number of hydrogen-bond donors (Lipinski definition) is 3. The molecule has 36 heavy (non-hydrogen) atoms. The summed E-state index contributed by atoms with van der Waals surface area (Å²) in [7, 11) is -3.99. The van der Waals surface area contributed by atoms with Crippen LogP contribution in [0.25, 0.3) is 11.0 Å². The van der Waals surface area contributed by atoms with Crippen molar-refractivity contribution in [3.63, 3.8) is 0 Å². The monoisotopic (exact) mass is 513 g/mol. The van der Waals surface area contributed by atoms with Crippen LogP contribution in [0.1, 0.15) is 18.7 Å². The molecular formula is C25H31N5O5S. The van der Waals surface area contributed by atoms with Gasteiger partial charge in [0.15, 0.2) is 0 Å². The van der Waals surface area contributed by atoms with E-state index in [1.54, 1.807) is 30.3 Å². The lowest BCUT2D eigenvalue weighted by Gasteiger charge is -2.26. The molecule has 1 amide bonds. The van der Waals surface area contributed by atoms with Gasteiger partial charge >= 0.3 is 10.1 Å². The molecule has 10 nitrogen and oxygen atoms in total. The molecule has 1 aliphatic heterocycles. The predicted octanol–water partition coefficient (Wildman–Crippen LogP) is 2.14. The van der Waals surface area contributed by atoms with E-state index in [4.69, 9.17) is 8.92 Å². The Balaban J connectivity index is 1.16. The van der Waals surface area contributed by atoms with Gasteiger partial charge in [0, 0.05) is 44.5 Å². The van der Waals surface area contributed by atoms with Crippen molar-refractivity contribution >= 4 is 32.7 Å². The van der Waals surface area contributed by atoms with Gasteiger partial charge in [0.05, 0.1) is 30.7 Å². The molecule has 0 bridgehead atoms. The second-order valence-corrected chi connectivity index (χ2v) is 10.8. The molecule has 1 aliphatic carbocycles. The number of nitrogens with zero attached hydrogens (tertiary/aromatic N) is 2. The molecule has 3 N–H and O–H groups in total. The van der Waals surface area contributed by atoms with Crippen LogP contribution >= 0.6 is 0 Å². The molecule has 0 spiro atoms. The van der Waals surface area contributed by atoms with E-state index in [-0.39, 0.29) is 23.0 Å². The number of hydrogen-bond acceptors (Lipinski definition) is 8. The maximum absolute atomic E-state index is 12.8. The highest BCUT2D eigenvalue weighted by Gasteiger charge is 2.21. The normalized spacial score (nSPS) is 16.7. The molecule has 3 aromatic rings. The van der Waals surface area contributed by atoms with Crippen LogP contribution < -0.4 is 14.8 Å². The van der Waals surface area contributed by atoms with Crippen molar-refractivity contribution in [3.8, 4) is 5.75 Å². The van der Waals surface area contributed by atoms with E-state index in [0.717, 1.165) is 51.0 Å². The Labute approximate surface area is 210 Å². The van der Waals surface area contributed by atoms with Crippen LogP contribution in [0.3, 0.4) is 0 Å². The Hall–Kier alpha value is -3.15. The zero-order chi connectivity index (χ0) is 25.0. The average Bonchev–Trinajstić information content (AvgIpc) is 3.62. The number of amides is 1. The van der Waals surface area contributed by atoms with Crippen LogP contribution in [-0.2, 0) is 26.1 Å². The maximum Gasteiger partial charge on any atom is 0.339 e. The van der Waals surface area contributed by atoms with Gasteiger partial charge in [0.2, 0.25) is 5.91 Å². The van der Waals surface area contributed by atoms with Crippen molar-refractivity contribution in [2.24, 2.45) is 5.92 Å². The lowest BCUT2D eigenvalue weighted by Crippen LogP contribution is -2.41. The number of benzene rings is 2. The van der Waals surface area contributed by atoms with E-state index in [1.165, 1.54) is 25.0 Å². The number of rotatable bonds is 11. The summed E-state index contributed by atoms with van der Waals surface area (Å²) in [6.45, 7) is 5.46. The Morgan fingerprint density at radius 1 is 1.14 bits per heavy atom. The number of morpholine rings is 1. The van der Waals surface area contributed by atoms with Crippen molar-refractivity contribution < 1.29 is 22.1 Å². The van der Waals surface area contributed by atoms with Crippen LogP contribution in [0.5, 0.6) is 5.75 Å². The highest BCUT2D eigenvalue weighted by molar-refractivity contribution is 7.87. The van der Waals surface area contributed by atoms with Crippen molar-refractivity contribution in [1.82, 2.24) is 20.2 Å². The molecule has 2 aromatic carbocycles. The summed E-state index contributed by atoms with van der Waals surface area (Å²) in [5.74, 6) is 1.27. The molecule has 0 atom stereocenters. The number of anilines is 1. The zero-order valence-corrected chi connectivity index (χ0v) is 20.9. The third-order valence-electron chi connectivity index (χ3n) is 6.33. The van der Waals surface area contributed by atoms with Gasteiger partial charge in [-0.05, 0) is 55.2 Å². The molecule has 5 rings (SSSR count). The fourth-order valence-corrected chi connectivity index (χ4v) is 4.99. The van der Waals surface area contributed by atoms with Gasteiger partial charge in [-0.1, -0.05) is 0 Å². The number of ether oxygens (including phenoxy) is 1. The van der Waals surface area contributed by atoms with Crippen LogP contribution in [0.15, 0.2) is 47.4 Å². The number of aromatic amines is 1. The number of nitrogens with one attached hydrogen (secondary N) is 3. The Bertz CT molecular complexity index is 1300. The molecule has 2 fully saturated rings. The summed E-state index contributed by atoms with van der Waals surface area (Å²) in [4.78, 5) is 22.2. The van der Waals surface area contributed by atoms with Gasteiger partial charge in [0.25, 0.3) is 0 Å². The molecule has 1 saturated heterocycles. The molecule has 1 aromatic heterocycles. The van der Waals surface area contributed by atoms with Crippen molar-refractivity contribution in [2.75, 3.05) is 51.3 Å². The molecule has 0 radical (unpaired) electrons. The Kier molecular flexibility index (Phi) is 7.40. The number of fused-ring (bicyclic) bond motifs is 1. The lowest BCUT2D eigenvalue weighted by atomic mass is 10.3.